The molecule has 2 N–H and O–H groups in total. The van der Waals surface area contributed by atoms with Gasteiger partial charge in [-0.25, -0.2) is 9.67 Å². The highest BCUT2D eigenvalue weighted by Gasteiger charge is 2.50. The van der Waals surface area contributed by atoms with Gasteiger partial charge < -0.3 is 10.3 Å². The normalized spacial score (nSPS) is 23.7. The van der Waals surface area contributed by atoms with Crippen LogP contribution in [0.15, 0.2) is 60.6 Å². The first-order valence-corrected chi connectivity index (χ1v) is 10.8. The molecule has 0 saturated carbocycles. The van der Waals surface area contributed by atoms with Gasteiger partial charge in [-0.1, -0.05) is 23.8 Å². The Kier molecular flexibility index (Phi) is 5.18. The van der Waals surface area contributed by atoms with E-state index in [9.17, 15) is 18.0 Å². The third-order valence-electron chi connectivity index (χ3n) is 6.11. The number of dihydropyridines is 1. The summed E-state index contributed by atoms with van der Waals surface area (Å²) in [7, 11) is 0. The van der Waals surface area contributed by atoms with E-state index in [1.165, 1.54) is 6.07 Å². The fourth-order valence-corrected chi connectivity index (χ4v) is 4.88. The van der Waals surface area contributed by atoms with Crippen LogP contribution in [-0.4, -0.2) is 43.1 Å². The number of hydrogen-bond donors (Lipinski definition) is 2. The third kappa shape index (κ3) is 3.54. The molecule has 1 unspecified atom stereocenters. The molecule has 2 aliphatic heterocycles. The smallest absolute Gasteiger partial charge is 0.360 e. The van der Waals surface area contributed by atoms with E-state index in [0.717, 1.165) is 23.6 Å². The summed E-state index contributed by atoms with van der Waals surface area (Å²) in [4.78, 5) is 22.2. The average molecular weight is 489 g/mol. The quantitative estimate of drug-likeness (QED) is 0.412. The van der Waals surface area contributed by atoms with Crippen LogP contribution < -0.4 is 5.32 Å². The molecule has 0 radical (unpaired) electrons. The van der Waals surface area contributed by atoms with Gasteiger partial charge >= 0.3 is 6.18 Å². The lowest BCUT2D eigenvalue weighted by molar-refractivity contribution is -0.137. The largest absolute Gasteiger partial charge is 0.417 e. The number of fused-ring (bicyclic) bond motifs is 1. The molecule has 0 aliphatic carbocycles. The molecule has 5 rings (SSSR count). The zero-order valence-electron chi connectivity index (χ0n) is 18.0. The molecule has 7 nitrogen and oxygen atoms in total. The number of likely N-dealkylation sites (tertiary alicyclic amines) is 1. The van der Waals surface area contributed by atoms with Gasteiger partial charge in [-0.3, -0.25) is 9.69 Å². The first-order valence-electron chi connectivity index (χ1n) is 10.5. The van der Waals surface area contributed by atoms with Crippen molar-refractivity contribution in [3.8, 4) is 0 Å². The molecule has 1 fully saturated rings. The molecule has 11 heteroatoms. The fraction of sp³-hybridized carbons (Fsp3) is 0.261. The van der Waals surface area contributed by atoms with Crippen LogP contribution in [0.3, 0.4) is 0 Å². The highest BCUT2D eigenvalue weighted by atomic mass is 35.5. The van der Waals surface area contributed by atoms with E-state index in [1.807, 2.05) is 24.0 Å². The number of hydrogen-bond acceptors (Lipinski definition) is 5. The lowest BCUT2D eigenvalue weighted by Gasteiger charge is -2.44. The van der Waals surface area contributed by atoms with Gasteiger partial charge in [-0.15, -0.1) is 0 Å². The first kappa shape index (κ1) is 22.4. The number of alkyl halides is 3. The van der Waals surface area contributed by atoms with Crippen molar-refractivity contribution in [2.24, 2.45) is 0 Å². The molecular formula is C23H20ClF3N6O. The number of carbonyl (C=O) groups excluding carboxylic acids is 1. The number of aldehydes is 1. The molecule has 4 heterocycles. The lowest BCUT2D eigenvalue weighted by atomic mass is 9.99. The summed E-state index contributed by atoms with van der Waals surface area (Å²) in [5, 5.41) is 7.17. The first-order chi connectivity index (χ1) is 16.1. The van der Waals surface area contributed by atoms with Gasteiger partial charge in [0.1, 0.15) is 5.82 Å². The standard InChI is InChI=1S/C23H20ClF3N6O/c1-13-8-19(21-29-17-9-15(23(25,26)27)16(24)10-18(17)30-21)32(11-13)22(12-34)20(5-4-14(2)31-22)33-7-3-6-28-33/h3-7,9-10,12,19,31H,1,8,11H2,2H3,(H,29,30)/t19?,22-/m1/s1. The number of nitrogens with zero attached hydrogens (tertiary/aromatic N) is 4. The second-order valence-corrected chi connectivity index (χ2v) is 8.84. The maximum atomic E-state index is 13.3. The van der Waals surface area contributed by atoms with Crippen molar-refractivity contribution in [3.05, 3.63) is 77.0 Å². The Labute approximate surface area is 197 Å². The van der Waals surface area contributed by atoms with Crippen LogP contribution in [-0.2, 0) is 11.0 Å². The van der Waals surface area contributed by atoms with E-state index in [4.69, 9.17) is 11.6 Å². The van der Waals surface area contributed by atoms with Crippen molar-refractivity contribution < 1.29 is 18.0 Å². The summed E-state index contributed by atoms with van der Waals surface area (Å²) < 4.78 is 41.6. The fourth-order valence-electron chi connectivity index (χ4n) is 4.62. The highest BCUT2D eigenvalue weighted by molar-refractivity contribution is 6.32. The van der Waals surface area contributed by atoms with E-state index in [0.29, 0.717) is 30.0 Å². The van der Waals surface area contributed by atoms with E-state index in [1.54, 1.807) is 23.1 Å². The van der Waals surface area contributed by atoms with Gasteiger partial charge in [0, 0.05) is 24.6 Å². The summed E-state index contributed by atoms with van der Waals surface area (Å²) in [6, 6.07) is 3.45. The van der Waals surface area contributed by atoms with E-state index >= 15 is 0 Å². The zero-order chi connectivity index (χ0) is 24.3. The number of allylic oxidation sites excluding steroid dienone is 3. The molecule has 0 bridgehead atoms. The maximum Gasteiger partial charge on any atom is 0.417 e. The SMILES string of the molecule is C=C1CC(c2nc3cc(Cl)c(C(F)(F)F)cc3[nH]2)N([C@@]2(C=O)NC(C)=CC=C2n2cccn2)C1. The van der Waals surface area contributed by atoms with Gasteiger partial charge in [0.05, 0.1) is 33.4 Å². The maximum absolute atomic E-state index is 13.3. The van der Waals surface area contributed by atoms with Crippen LogP contribution in [0.1, 0.15) is 30.8 Å². The number of H-pyrrole nitrogens is 1. The number of halogens is 4. The van der Waals surface area contributed by atoms with Crippen molar-refractivity contribution in [1.82, 2.24) is 30.0 Å². The number of carbonyl (C=O) groups is 1. The van der Waals surface area contributed by atoms with Crippen LogP contribution in [0.2, 0.25) is 5.02 Å². The Hall–Kier alpha value is -3.37. The number of imidazole rings is 1. The molecule has 176 valence electrons. The monoisotopic (exact) mass is 488 g/mol. The van der Waals surface area contributed by atoms with Crippen LogP contribution >= 0.6 is 11.6 Å². The number of rotatable bonds is 4. The molecule has 2 aromatic heterocycles. The molecule has 1 saturated heterocycles. The van der Waals surface area contributed by atoms with Gasteiger partial charge in [0.25, 0.3) is 0 Å². The van der Waals surface area contributed by atoms with Crippen LogP contribution in [0, 0.1) is 0 Å². The number of aromatic amines is 1. The van der Waals surface area contributed by atoms with Crippen LogP contribution in [0.25, 0.3) is 16.7 Å². The minimum absolute atomic E-state index is 0.208. The summed E-state index contributed by atoms with van der Waals surface area (Å²) in [5.74, 6) is 0.416. The molecule has 34 heavy (non-hydrogen) atoms. The van der Waals surface area contributed by atoms with Gasteiger partial charge in [0.2, 0.25) is 0 Å². The molecule has 2 aliphatic rings. The minimum Gasteiger partial charge on any atom is -0.360 e. The van der Waals surface area contributed by atoms with Crippen molar-refractivity contribution in [1.29, 1.82) is 0 Å². The highest BCUT2D eigenvalue weighted by Crippen LogP contribution is 2.43. The lowest BCUT2D eigenvalue weighted by Crippen LogP contribution is -2.61. The average Bonchev–Trinajstić information content (AvgIpc) is 3.51. The van der Waals surface area contributed by atoms with Gasteiger partial charge in [-0.05, 0) is 43.7 Å². The summed E-state index contributed by atoms with van der Waals surface area (Å²) in [6.45, 7) is 6.32. The Balaban J connectivity index is 1.62. The third-order valence-corrected chi connectivity index (χ3v) is 6.42. The molecule has 3 aromatic rings. The Morgan fingerprint density at radius 2 is 2.12 bits per heavy atom. The van der Waals surface area contributed by atoms with Crippen LogP contribution in [0.4, 0.5) is 13.2 Å². The van der Waals surface area contributed by atoms with Gasteiger partial charge in [0.15, 0.2) is 11.9 Å². The predicted octanol–water partition coefficient (Wildman–Crippen LogP) is 4.68. The molecular weight excluding hydrogens is 469 g/mol. The Bertz CT molecular complexity index is 1360. The second kappa shape index (κ2) is 7.85. The topological polar surface area (TPSA) is 78.8 Å². The minimum atomic E-state index is -4.59. The van der Waals surface area contributed by atoms with Crippen molar-refractivity contribution in [2.75, 3.05) is 6.54 Å². The Morgan fingerprint density at radius 3 is 2.79 bits per heavy atom. The van der Waals surface area contributed by atoms with E-state index in [-0.39, 0.29) is 5.52 Å². The second-order valence-electron chi connectivity index (χ2n) is 8.43. The van der Waals surface area contributed by atoms with Crippen molar-refractivity contribution in [2.45, 2.75) is 31.2 Å². The molecule has 0 amide bonds. The predicted molar refractivity (Wildman–Crippen MR) is 121 cm³/mol. The Morgan fingerprint density at radius 1 is 1.32 bits per heavy atom. The number of nitrogens with one attached hydrogen (secondary N) is 2. The molecule has 0 spiro atoms. The summed E-state index contributed by atoms with van der Waals surface area (Å²) >= 11 is 5.89. The number of aromatic nitrogens is 4. The summed E-state index contributed by atoms with van der Waals surface area (Å²) in [6.07, 6.45) is 3.70. The zero-order valence-corrected chi connectivity index (χ0v) is 18.8. The van der Waals surface area contributed by atoms with Gasteiger partial charge in [-0.2, -0.15) is 18.3 Å². The van der Waals surface area contributed by atoms with Crippen molar-refractivity contribution >= 4 is 34.6 Å². The van der Waals surface area contributed by atoms with Crippen LogP contribution in [0.5, 0.6) is 0 Å². The molecule has 1 aromatic carbocycles. The summed E-state index contributed by atoms with van der Waals surface area (Å²) in [5.41, 5.74) is 0.479. The van der Waals surface area contributed by atoms with E-state index < -0.39 is 28.5 Å². The van der Waals surface area contributed by atoms with Crippen molar-refractivity contribution in [3.63, 3.8) is 0 Å². The van der Waals surface area contributed by atoms with E-state index in [2.05, 4.69) is 27.0 Å². The number of benzene rings is 1. The molecule has 2 atom stereocenters.